The second-order valence-electron chi connectivity index (χ2n) is 5.45. The Morgan fingerprint density at radius 2 is 1.92 bits per heavy atom. The number of carbonyl (C=O) groups is 2. The van der Waals surface area contributed by atoms with Crippen LogP contribution < -0.4 is 10.6 Å². The van der Waals surface area contributed by atoms with E-state index in [0.29, 0.717) is 5.76 Å². The lowest BCUT2D eigenvalue weighted by Gasteiger charge is -2.21. The van der Waals surface area contributed by atoms with Gasteiger partial charge in [0.1, 0.15) is 28.8 Å². The molecule has 24 heavy (non-hydrogen) atoms. The molecule has 2 amide bonds. The maximum absolute atomic E-state index is 13.4. The van der Waals surface area contributed by atoms with Crippen molar-refractivity contribution >= 4 is 17.5 Å². The summed E-state index contributed by atoms with van der Waals surface area (Å²) in [6, 6.07) is 5.65. The van der Waals surface area contributed by atoms with Crippen molar-refractivity contribution in [2.75, 3.05) is 11.9 Å². The van der Waals surface area contributed by atoms with Gasteiger partial charge in [-0.3, -0.25) is 9.59 Å². The zero-order valence-corrected chi connectivity index (χ0v) is 13.0. The van der Waals surface area contributed by atoms with Gasteiger partial charge in [0.15, 0.2) is 0 Å². The highest BCUT2D eigenvalue weighted by molar-refractivity contribution is 6.39. The summed E-state index contributed by atoms with van der Waals surface area (Å²) in [7, 11) is 0. The second-order valence-corrected chi connectivity index (χ2v) is 5.45. The standard InChI is InChI=1S/C16H16F2N2O4/c1-9-3-6-13(24-9)16(2,23)8-19-14(21)15(22)20-12-7-10(17)4-5-11(12)18/h3-7,23H,8H2,1-2H3,(H,19,21)(H,20,22). The summed E-state index contributed by atoms with van der Waals surface area (Å²) in [4.78, 5) is 23.5. The van der Waals surface area contributed by atoms with Gasteiger partial charge in [-0.25, -0.2) is 8.78 Å². The van der Waals surface area contributed by atoms with E-state index in [1.165, 1.54) is 6.92 Å². The van der Waals surface area contributed by atoms with E-state index in [1.54, 1.807) is 19.1 Å². The molecule has 0 aliphatic rings. The summed E-state index contributed by atoms with van der Waals surface area (Å²) in [5.41, 5.74) is -1.99. The Morgan fingerprint density at radius 1 is 1.21 bits per heavy atom. The molecule has 0 aliphatic heterocycles. The number of benzene rings is 1. The van der Waals surface area contributed by atoms with Gasteiger partial charge >= 0.3 is 11.8 Å². The number of furan rings is 1. The molecule has 0 radical (unpaired) electrons. The summed E-state index contributed by atoms with van der Waals surface area (Å²) in [6.07, 6.45) is 0. The molecule has 2 rings (SSSR count). The van der Waals surface area contributed by atoms with Crippen molar-refractivity contribution in [1.82, 2.24) is 5.32 Å². The Bertz CT molecular complexity index is 771. The van der Waals surface area contributed by atoms with Crippen LogP contribution in [0.5, 0.6) is 0 Å². The van der Waals surface area contributed by atoms with Crippen LogP contribution in [0.3, 0.4) is 0 Å². The van der Waals surface area contributed by atoms with E-state index >= 15 is 0 Å². The average molecular weight is 338 g/mol. The van der Waals surface area contributed by atoms with Crippen LogP contribution in [0.4, 0.5) is 14.5 Å². The van der Waals surface area contributed by atoms with Crippen LogP contribution in [-0.4, -0.2) is 23.5 Å². The van der Waals surface area contributed by atoms with E-state index in [0.717, 1.165) is 18.2 Å². The van der Waals surface area contributed by atoms with Gasteiger partial charge in [0.25, 0.3) is 0 Å². The summed E-state index contributed by atoms with van der Waals surface area (Å²) in [5.74, 6) is -3.14. The lowest BCUT2D eigenvalue weighted by molar-refractivity contribution is -0.136. The molecule has 6 nitrogen and oxygen atoms in total. The van der Waals surface area contributed by atoms with Gasteiger partial charge in [0, 0.05) is 6.07 Å². The molecule has 0 saturated heterocycles. The van der Waals surface area contributed by atoms with E-state index in [4.69, 9.17) is 4.42 Å². The number of aliphatic hydroxyl groups is 1. The molecule has 3 N–H and O–H groups in total. The number of nitrogens with one attached hydrogen (secondary N) is 2. The van der Waals surface area contributed by atoms with Crippen molar-refractivity contribution in [2.24, 2.45) is 0 Å². The predicted octanol–water partition coefficient (Wildman–Crippen LogP) is 1.83. The zero-order valence-electron chi connectivity index (χ0n) is 13.0. The number of anilines is 1. The normalized spacial score (nSPS) is 13.2. The highest BCUT2D eigenvalue weighted by atomic mass is 19.1. The smallest absolute Gasteiger partial charge is 0.313 e. The van der Waals surface area contributed by atoms with Crippen LogP contribution in [0.2, 0.25) is 0 Å². The number of halogens is 2. The number of hydrogen-bond donors (Lipinski definition) is 3. The molecule has 0 aliphatic carbocycles. The third-order valence-electron chi connectivity index (χ3n) is 3.25. The lowest BCUT2D eigenvalue weighted by atomic mass is 10.0. The molecule has 1 heterocycles. The molecule has 0 spiro atoms. The average Bonchev–Trinajstić information content (AvgIpc) is 2.96. The van der Waals surface area contributed by atoms with Crippen molar-refractivity contribution in [3.8, 4) is 0 Å². The molecular weight excluding hydrogens is 322 g/mol. The SMILES string of the molecule is Cc1ccc(C(C)(O)CNC(=O)C(=O)Nc2cc(F)ccc2F)o1. The van der Waals surface area contributed by atoms with E-state index in [1.807, 2.05) is 5.32 Å². The van der Waals surface area contributed by atoms with Gasteiger partial charge in [-0.05, 0) is 38.1 Å². The molecule has 0 bridgehead atoms. The van der Waals surface area contributed by atoms with Crippen molar-refractivity contribution in [3.63, 3.8) is 0 Å². The molecule has 1 atom stereocenters. The van der Waals surface area contributed by atoms with Crippen molar-refractivity contribution in [2.45, 2.75) is 19.4 Å². The quantitative estimate of drug-likeness (QED) is 0.742. The molecule has 0 fully saturated rings. The molecule has 1 aromatic heterocycles. The summed E-state index contributed by atoms with van der Waals surface area (Å²) >= 11 is 0. The van der Waals surface area contributed by atoms with Gasteiger partial charge < -0.3 is 20.2 Å². The van der Waals surface area contributed by atoms with E-state index < -0.39 is 34.7 Å². The molecule has 1 aromatic carbocycles. The minimum absolute atomic E-state index is 0.219. The van der Waals surface area contributed by atoms with Crippen LogP contribution >= 0.6 is 0 Å². The second kappa shape index (κ2) is 6.79. The Kier molecular flexibility index (Phi) is 4.99. The van der Waals surface area contributed by atoms with Crippen LogP contribution in [0, 0.1) is 18.6 Å². The van der Waals surface area contributed by atoms with Crippen LogP contribution in [0.1, 0.15) is 18.4 Å². The van der Waals surface area contributed by atoms with Crippen LogP contribution in [-0.2, 0) is 15.2 Å². The molecule has 8 heteroatoms. The number of aryl methyl sites for hydroxylation is 1. The van der Waals surface area contributed by atoms with Gasteiger partial charge in [-0.15, -0.1) is 0 Å². The van der Waals surface area contributed by atoms with Crippen LogP contribution in [0.25, 0.3) is 0 Å². The zero-order chi connectivity index (χ0) is 17.9. The van der Waals surface area contributed by atoms with E-state index in [2.05, 4.69) is 5.32 Å². The van der Waals surface area contributed by atoms with Gasteiger partial charge in [-0.2, -0.15) is 0 Å². The summed E-state index contributed by atoms with van der Waals surface area (Å²) in [6.45, 7) is 2.78. The molecule has 0 saturated carbocycles. The van der Waals surface area contributed by atoms with Gasteiger partial charge in [0.05, 0.1) is 12.2 Å². The molecule has 1 unspecified atom stereocenters. The maximum Gasteiger partial charge on any atom is 0.313 e. The minimum atomic E-state index is -1.53. The minimum Gasteiger partial charge on any atom is -0.463 e. The maximum atomic E-state index is 13.4. The molecule has 128 valence electrons. The number of hydrogen-bond acceptors (Lipinski definition) is 4. The first-order valence-corrected chi connectivity index (χ1v) is 7.02. The van der Waals surface area contributed by atoms with E-state index in [9.17, 15) is 23.5 Å². The first-order chi connectivity index (χ1) is 11.2. The third kappa shape index (κ3) is 4.17. The Labute approximate surface area is 136 Å². The van der Waals surface area contributed by atoms with Crippen molar-refractivity contribution < 1.29 is 27.9 Å². The highest BCUT2D eigenvalue weighted by Crippen LogP contribution is 2.22. The Balaban J connectivity index is 1.96. The number of amides is 2. The number of carbonyl (C=O) groups excluding carboxylic acids is 2. The van der Waals surface area contributed by atoms with Crippen LogP contribution in [0.15, 0.2) is 34.7 Å². The summed E-state index contributed by atoms with van der Waals surface area (Å²) in [5, 5.41) is 14.4. The van der Waals surface area contributed by atoms with Crippen molar-refractivity contribution in [1.29, 1.82) is 0 Å². The fourth-order valence-electron chi connectivity index (χ4n) is 1.92. The predicted molar refractivity (Wildman–Crippen MR) is 81.0 cm³/mol. The van der Waals surface area contributed by atoms with Gasteiger partial charge in [0.2, 0.25) is 0 Å². The Morgan fingerprint density at radius 3 is 2.54 bits per heavy atom. The highest BCUT2D eigenvalue weighted by Gasteiger charge is 2.28. The third-order valence-corrected chi connectivity index (χ3v) is 3.25. The van der Waals surface area contributed by atoms with E-state index in [-0.39, 0.29) is 12.3 Å². The monoisotopic (exact) mass is 338 g/mol. The Hall–Kier alpha value is -2.74. The molecule has 2 aromatic rings. The lowest BCUT2D eigenvalue weighted by Crippen LogP contribution is -2.43. The fourth-order valence-corrected chi connectivity index (χ4v) is 1.92. The summed E-state index contributed by atoms with van der Waals surface area (Å²) < 4.78 is 31.7. The topological polar surface area (TPSA) is 91.6 Å². The molecular formula is C16H16F2N2O4. The van der Waals surface area contributed by atoms with Gasteiger partial charge in [-0.1, -0.05) is 0 Å². The first kappa shape index (κ1) is 17.6. The van der Waals surface area contributed by atoms with Crippen molar-refractivity contribution in [3.05, 3.63) is 53.5 Å². The largest absolute Gasteiger partial charge is 0.463 e. The fraction of sp³-hybridized carbons (Fsp3) is 0.250. The number of rotatable bonds is 4. The first-order valence-electron chi connectivity index (χ1n) is 7.02.